The molecule has 1 aromatic carbocycles. The zero-order valence-electron chi connectivity index (χ0n) is 7.33. The topological polar surface area (TPSA) is 0 Å². The first-order valence-electron chi connectivity index (χ1n) is 3.88. The molecule has 0 heterocycles. The van der Waals surface area contributed by atoms with Gasteiger partial charge in [0.05, 0.1) is 0 Å². The summed E-state index contributed by atoms with van der Waals surface area (Å²) in [7, 11) is 0. The summed E-state index contributed by atoms with van der Waals surface area (Å²) in [5.74, 6) is 0. The van der Waals surface area contributed by atoms with Crippen molar-refractivity contribution in [1.82, 2.24) is 0 Å². The van der Waals surface area contributed by atoms with Crippen LogP contribution in [0.25, 0.3) is 5.57 Å². The van der Waals surface area contributed by atoms with Crippen LogP contribution < -0.4 is 18.9 Å². The summed E-state index contributed by atoms with van der Waals surface area (Å²) < 4.78 is 0. The molecule has 0 nitrogen and oxygen atoms in total. The first-order chi connectivity index (χ1) is 5.47. The largest absolute Gasteiger partial charge is 1.00 e. The number of hydrogen-bond donors (Lipinski definition) is 0. The summed E-state index contributed by atoms with van der Waals surface area (Å²) in [6.07, 6.45) is 7.56. The number of rotatable bonds is 1. The van der Waals surface area contributed by atoms with Gasteiger partial charge in [-0.1, -0.05) is 48.6 Å². The van der Waals surface area contributed by atoms with Crippen molar-refractivity contribution < 1.29 is 18.9 Å². The van der Waals surface area contributed by atoms with Gasteiger partial charge in [-0.2, -0.15) is 0 Å². The van der Waals surface area contributed by atoms with E-state index in [-0.39, 0.29) is 18.9 Å². The van der Waals surface area contributed by atoms with Crippen LogP contribution in [-0.4, -0.2) is 0 Å². The maximum Gasteiger partial charge on any atom is 1.00 e. The predicted molar refractivity (Wildman–Crippen MR) is 48.2 cm³/mol. The molecule has 1 aliphatic rings. The SMILES string of the molecule is C1=CCC(c2ccccc2)=C1.[Li+]. The van der Waals surface area contributed by atoms with Crippen LogP contribution in [0.4, 0.5) is 0 Å². The normalized spacial score (nSPS) is 13.8. The van der Waals surface area contributed by atoms with Crippen molar-refractivity contribution in [3.63, 3.8) is 0 Å². The second-order valence-electron chi connectivity index (χ2n) is 2.69. The maximum atomic E-state index is 2.18. The first kappa shape index (κ1) is 9.39. The third-order valence-electron chi connectivity index (χ3n) is 1.92. The van der Waals surface area contributed by atoms with Gasteiger partial charge >= 0.3 is 18.9 Å². The number of allylic oxidation sites excluding steroid dienone is 4. The average Bonchev–Trinajstić information content (AvgIpc) is 2.58. The first-order valence-corrected chi connectivity index (χ1v) is 3.88. The Bertz CT molecular complexity index is 296. The molecule has 0 saturated heterocycles. The van der Waals surface area contributed by atoms with Crippen LogP contribution in [0, 0.1) is 0 Å². The molecule has 1 aliphatic carbocycles. The molecular weight excluding hydrogens is 139 g/mol. The fraction of sp³-hybridized carbons (Fsp3) is 0.0909. The fourth-order valence-corrected chi connectivity index (χ4v) is 1.31. The molecule has 0 amide bonds. The van der Waals surface area contributed by atoms with Crippen LogP contribution in [0.5, 0.6) is 0 Å². The van der Waals surface area contributed by atoms with Crippen LogP contribution in [0.3, 0.4) is 0 Å². The number of benzene rings is 1. The zero-order valence-corrected chi connectivity index (χ0v) is 7.33. The summed E-state index contributed by atoms with van der Waals surface area (Å²) in [4.78, 5) is 0. The van der Waals surface area contributed by atoms with Crippen molar-refractivity contribution in [1.29, 1.82) is 0 Å². The molecule has 0 spiro atoms. The van der Waals surface area contributed by atoms with Crippen molar-refractivity contribution in [2.45, 2.75) is 6.42 Å². The molecule has 0 aliphatic heterocycles. The molecule has 0 bridgehead atoms. The van der Waals surface area contributed by atoms with Gasteiger partial charge in [0.2, 0.25) is 0 Å². The van der Waals surface area contributed by atoms with E-state index in [9.17, 15) is 0 Å². The Kier molecular flexibility index (Phi) is 3.41. The van der Waals surface area contributed by atoms with E-state index in [1.165, 1.54) is 11.1 Å². The van der Waals surface area contributed by atoms with Crippen molar-refractivity contribution in [2.75, 3.05) is 0 Å². The predicted octanol–water partition coefficient (Wildman–Crippen LogP) is 0.0339. The molecule has 0 radical (unpaired) electrons. The van der Waals surface area contributed by atoms with E-state index < -0.39 is 0 Å². The maximum absolute atomic E-state index is 2.18. The van der Waals surface area contributed by atoms with Crippen LogP contribution in [0.15, 0.2) is 48.6 Å². The van der Waals surface area contributed by atoms with Crippen LogP contribution >= 0.6 is 0 Å². The van der Waals surface area contributed by atoms with E-state index in [0.29, 0.717) is 0 Å². The molecular formula is C11H10Li+. The Morgan fingerprint density at radius 2 is 1.75 bits per heavy atom. The Morgan fingerprint density at radius 3 is 2.33 bits per heavy atom. The van der Waals surface area contributed by atoms with E-state index in [0.717, 1.165) is 6.42 Å². The summed E-state index contributed by atoms with van der Waals surface area (Å²) >= 11 is 0. The van der Waals surface area contributed by atoms with Gasteiger partial charge in [0.25, 0.3) is 0 Å². The van der Waals surface area contributed by atoms with Gasteiger partial charge in [-0.05, 0) is 17.6 Å². The minimum absolute atomic E-state index is 0. The molecule has 0 aromatic heterocycles. The van der Waals surface area contributed by atoms with Crippen LogP contribution in [0.2, 0.25) is 0 Å². The Balaban J connectivity index is 0.000000720. The third kappa shape index (κ3) is 1.91. The third-order valence-corrected chi connectivity index (χ3v) is 1.92. The van der Waals surface area contributed by atoms with Gasteiger partial charge in [0.15, 0.2) is 0 Å². The van der Waals surface area contributed by atoms with Gasteiger partial charge in [-0.3, -0.25) is 0 Å². The summed E-state index contributed by atoms with van der Waals surface area (Å²) in [6, 6.07) is 10.5. The number of hydrogen-bond acceptors (Lipinski definition) is 0. The molecule has 0 fully saturated rings. The van der Waals surface area contributed by atoms with Crippen molar-refractivity contribution in [3.05, 3.63) is 54.1 Å². The van der Waals surface area contributed by atoms with Gasteiger partial charge in [-0.25, -0.2) is 0 Å². The van der Waals surface area contributed by atoms with Gasteiger partial charge < -0.3 is 0 Å². The van der Waals surface area contributed by atoms with E-state index in [4.69, 9.17) is 0 Å². The van der Waals surface area contributed by atoms with Crippen LogP contribution in [-0.2, 0) is 0 Å². The zero-order chi connectivity index (χ0) is 7.52. The molecule has 1 heteroatoms. The van der Waals surface area contributed by atoms with E-state index in [1.54, 1.807) is 0 Å². The molecule has 12 heavy (non-hydrogen) atoms. The molecule has 2 rings (SSSR count). The van der Waals surface area contributed by atoms with E-state index in [1.807, 2.05) is 6.07 Å². The second kappa shape index (κ2) is 4.35. The Labute approximate surface area is 85.2 Å². The van der Waals surface area contributed by atoms with Crippen LogP contribution in [0.1, 0.15) is 12.0 Å². The molecule has 0 N–H and O–H groups in total. The smallest absolute Gasteiger partial charge is 0.0801 e. The molecule has 1 aromatic rings. The van der Waals surface area contributed by atoms with Crippen molar-refractivity contribution in [3.8, 4) is 0 Å². The molecule has 0 saturated carbocycles. The second-order valence-corrected chi connectivity index (χ2v) is 2.69. The molecule has 54 valence electrons. The van der Waals surface area contributed by atoms with Gasteiger partial charge in [0, 0.05) is 0 Å². The van der Waals surface area contributed by atoms with Crippen molar-refractivity contribution in [2.24, 2.45) is 0 Å². The minimum atomic E-state index is 0. The summed E-state index contributed by atoms with van der Waals surface area (Å²) in [6.45, 7) is 0. The summed E-state index contributed by atoms with van der Waals surface area (Å²) in [5, 5.41) is 0. The molecule has 0 atom stereocenters. The van der Waals surface area contributed by atoms with E-state index in [2.05, 4.69) is 42.5 Å². The Hall–Kier alpha value is -0.703. The summed E-state index contributed by atoms with van der Waals surface area (Å²) in [5.41, 5.74) is 2.77. The quantitative estimate of drug-likeness (QED) is 0.494. The fourth-order valence-electron chi connectivity index (χ4n) is 1.31. The monoisotopic (exact) mass is 149 g/mol. The molecule has 0 unspecified atom stereocenters. The van der Waals surface area contributed by atoms with Crippen molar-refractivity contribution >= 4 is 5.57 Å². The van der Waals surface area contributed by atoms with Gasteiger partial charge in [-0.15, -0.1) is 0 Å². The minimum Gasteiger partial charge on any atom is -0.0801 e. The van der Waals surface area contributed by atoms with Gasteiger partial charge in [0.1, 0.15) is 0 Å². The average molecular weight is 149 g/mol. The Morgan fingerprint density at radius 1 is 1.00 bits per heavy atom. The van der Waals surface area contributed by atoms with E-state index >= 15 is 0 Å². The standard InChI is InChI=1S/C11H10.Li/c1-2-6-10(7-3-1)11-8-4-5-9-11;/h1-8H,9H2;/q;+1.